The average Bonchev–Trinajstić information content (AvgIpc) is 3.08. The van der Waals surface area contributed by atoms with Crippen LogP contribution in [0, 0.1) is 0 Å². The fourth-order valence-electron chi connectivity index (χ4n) is 2.02. The summed E-state index contributed by atoms with van der Waals surface area (Å²) in [4.78, 5) is 11.8. The van der Waals surface area contributed by atoms with Gasteiger partial charge in [-0.3, -0.25) is 4.99 Å². The lowest BCUT2D eigenvalue weighted by Gasteiger charge is -2.20. The number of aliphatic imine (C=N–C) groups is 1. The van der Waals surface area contributed by atoms with Crippen LogP contribution < -0.4 is 5.32 Å². The number of oxazole rings is 1. The van der Waals surface area contributed by atoms with Gasteiger partial charge in [-0.05, 0) is 12.1 Å². The molecule has 2 heterocycles. The number of thiophene rings is 1. The molecule has 0 spiro atoms. The van der Waals surface area contributed by atoms with Crippen molar-refractivity contribution in [2.45, 2.75) is 39.3 Å². The van der Waals surface area contributed by atoms with E-state index >= 15 is 0 Å². The largest absolute Gasteiger partial charge is 0.443 e. The van der Waals surface area contributed by atoms with Crippen LogP contribution in [0.15, 0.2) is 27.7 Å². The van der Waals surface area contributed by atoms with Crippen LogP contribution in [0.1, 0.15) is 37.3 Å². The molecule has 126 valence electrons. The maximum Gasteiger partial charge on any atom is 0.213 e. The standard InChI is InChI=1S/C16H23ClN4OS/c1-16(2,3)12-8-19-14(22-12)9-20-15(18-4)21(5)10-11-6-7-13(17)23-11/h6-8H,9-10H2,1-5H3,(H,18,20). The SMILES string of the molecule is CN=C(NCc1ncc(C(C)(C)C)o1)N(C)Cc1ccc(Cl)s1. The molecule has 0 atom stereocenters. The predicted octanol–water partition coefficient (Wildman–Crippen LogP) is 3.89. The van der Waals surface area contributed by atoms with Gasteiger partial charge in [0.05, 0.1) is 23.6 Å². The van der Waals surface area contributed by atoms with Gasteiger partial charge in [0.15, 0.2) is 5.96 Å². The molecule has 5 nitrogen and oxygen atoms in total. The first kappa shape index (κ1) is 17.8. The van der Waals surface area contributed by atoms with E-state index in [-0.39, 0.29) is 5.41 Å². The molecule has 0 unspecified atom stereocenters. The fraction of sp³-hybridized carbons (Fsp3) is 0.500. The van der Waals surface area contributed by atoms with Crippen LogP contribution in [-0.4, -0.2) is 29.9 Å². The van der Waals surface area contributed by atoms with E-state index in [1.54, 1.807) is 24.6 Å². The number of guanidine groups is 1. The van der Waals surface area contributed by atoms with Crippen molar-refractivity contribution in [2.75, 3.05) is 14.1 Å². The van der Waals surface area contributed by atoms with Crippen LogP contribution in [0.3, 0.4) is 0 Å². The van der Waals surface area contributed by atoms with Gasteiger partial charge in [-0.15, -0.1) is 11.3 Å². The second-order valence-electron chi connectivity index (χ2n) is 6.33. The Morgan fingerprint density at radius 3 is 2.70 bits per heavy atom. The van der Waals surface area contributed by atoms with Crippen molar-refractivity contribution in [3.63, 3.8) is 0 Å². The topological polar surface area (TPSA) is 53.7 Å². The van der Waals surface area contributed by atoms with E-state index in [1.165, 1.54) is 4.88 Å². The quantitative estimate of drug-likeness (QED) is 0.668. The lowest BCUT2D eigenvalue weighted by molar-refractivity contribution is 0.376. The molecule has 0 saturated heterocycles. The summed E-state index contributed by atoms with van der Waals surface area (Å²) >= 11 is 7.55. The van der Waals surface area contributed by atoms with E-state index in [0.717, 1.165) is 22.6 Å². The normalized spacial score (nSPS) is 12.5. The molecule has 0 fully saturated rings. The van der Waals surface area contributed by atoms with Gasteiger partial charge in [-0.1, -0.05) is 32.4 Å². The minimum Gasteiger partial charge on any atom is -0.443 e. The molecule has 0 aliphatic heterocycles. The highest BCUT2D eigenvalue weighted by Crippen LogP contribution is 2.23. The minimum atomic E-state index is -0.0395. The second-order valence-corrected chi connectivity index (χ2v) is 8.13. The van der Waals surface area contributed by atoms with E-state index in [2.05, 4.69) is 36.1 Å². The molecule has 2 aromatic rings. The summed E-state index contributed by atoms with van der Waals surface area (Å²) in [6, 6.07) is 3.94. The van der Waals surface area contributed by atoms with Gasteiger partial charge in [-0.2, -0.15) is 0 Å². The van der Waals surface area contributed by atoms with Crippen LogP contribution in [-0.2, 0) is 18.5 Å². The molecular formula is C16H23ClN4OS. The third-order valence-electron chi connectivity index (χ3n) is 3.29. The molecule has 2 aromatic heterocycles. The first-order valence-corrected chi connectivity index (χ1v) is 8.60. The van der Waals surface area contributed by atoms with Crippen LogP contribution in [0.5, 0.6) is 0 Å². The Bertz CT molecular complexity index is 672. The van der Waals surface area contributed by atoms with Crippen molar-refractivity contribution in [2.24, 2.45) is 4.99 Å². The highest BCUT2D eigenvalue weighted by molar-refractivity contribution is 7.16. The van der Waals surface area contributed by atoms with E-state index < -0.39 is 0 Å². The Morgan fingerprint density at radius 1 is 1.43 bits per heavy atom. The van der Waals surface area contributed by atoms with Crippen molar-refractivity contribution in [1.29, 1.82) is 0 Å². The monoisotopic (exact) mass is 354 g/mol. The van der Waals surface area contributed by atoms with E-state index in [9.17, 15) is 0 Å². The van der Waals surface area contributed by atoms with Crippen LogP contribution in [0.4, 0.5) is 0 Å². The molecule has 0 saturated carbocycles. The minimum absolute atomic E-state index is 0.0395. The van der Waals surface area contributed by atoms with E-state index in [1.807, 2.05) is 24.1 Å². The first-order valence-electron chi connectivity index (χ1n) is 7.41. The van der Waals surface area contributed by atoms with E-state index in [4.69, 9.17) is 16.0 Å². The molecule has 0 aliphatic carbocycles. The maximum absolute atomic E-state index is 5.97. The number of halogens is 1. The third kappa shape index (κ3) is 4.97. The smallest absolute Gasteiger partial charge is 0.213 e. The molecule has 1 N–H and O–H groups in total. The number of hydrogen-bond acceptors (Lipinski definition) is 4. The Labute approximate surface area is 146 Å². The number of aromatic nitrogens is 1. The lowest BCUT2D eigenvalue weighted by Crippen LogP contribution is -2.37. The van der Waals surface area contributed by atoms with Crippen molar-refractivity contribution < 1.29 is 4.42 Å². The fourth-order valence-corrected chi connectivity index (χ4v) is 3.16. The summed E-state index contributed by atoms with van der Waals surface area (Å²) in [5.74, 6) is 2.32. The van der Waals surface area contributed by atoms with Crippen molar-refractivity contribution in [3.05, 3.63) is 39.2 Å². The zero-order chi connectivity index (χ0) is 17.0. The molecular weight excluding hydrogens is 332 g/mol. The van der Waals surface area contributed by atoms with Crippen LogP contribution >= 0.6 is 22.9 Å². The number of nitrogens with zero attached hydrogens (tertiary/aromatic N) is 3. The highest BCUT2D eigenvalue weighted by Gasteiger charge is 2.19. The zero-order valence-electron chi connectivity index (χ0n) is 14.2. The Hall–Kier alpha value is -1.53. The highest BCUT2D eigenvalue weighted by atomic mass is 35.5. The van der Waals surface area contributed by atoms with Crippen molar-refractivity contribution >= 4 is 28.9 Å². The Balaban J connectivity index is 1.93. The summed E-state index contributed by atoms with van der Waals surface area (Å²) in [5, 5.41) is 3.27. The molecule has 23 heavy (non-hydrogen) atoms. The molecule has 0 amide bonds. The van der Waals surface area contributed by atoms with Crippen molar-refractivity contribution in [1.82, 2.24) is 15.2 Å². The van der Waals surface area contributed by atoms with Gasteiger partial charge in [0.2, 0.25) is 5.89 Å². The molecule has 0 aromatic carbocycles. The van der Waals surface area contributed by atoms with Crippen molar-refractivity contribution in [3.8, 4) is 0 Å². The van der Waals surface area contributed by atoms with Gasteiger partial charge in [0.25, 0.3) is 0 Å². The Kier molecular flexibility index (Phi) is 5.70. The molecule has 7 heteroatoms. The third-order valence-corrected chi connectivity index (χ3v) is 4.50. The van der Waals surface area contributed by atoms with Gasteiger partial charge in [0, 0.05) is 24.4 Å². The second kappa shape index (κ2) is 7.36. The van der Waals surface area contributed by atoms with Gasteiger partial charge in [0.1, 0.15) is 5.76 Å². The number of hydrogen-bond donors (Lipinski definition) is 1. The van der Waals surface area contributed by atoms with Gasteiger partial charge in [-0.25, -0.2) is 4.98 Å². The lowest BCUT2D eigenvalue weighted by atomic mass is 9.94. The van der Waals surface area contributed by atoms with E-state index in [0.29, 0.717) is 12.4 Å². The molecule has 2 rings (SSSR count). The summed E-state index contributed by atoms with van der Waals surface area (Å²) in [6.07, 6.45) is 1.79. The maximum atomic E-state index is 5.97. The molecule has 0 bridgehead atoms. The summed E-state index contributed by atoms with van der Waals surface area (Å²) in [6.45, 7) is 7.55. The average molecular weight is 355 g/mol. The molecule has 0 aliphatic rings. The van der Waals surface area contributed by atoms with Crippen LogP contribution in [0.2, 0.25) is 4.34 Å². The summed E-state index contributed by atoms with van der Waals surface area (Å²) in [5.41, 5.74) is -0.0395. The molecule has 0 radical (unpaired) electrons. The predicted molar refractivity (Wildman–Crippen MR) is 96.2 cm³/mol. The zero-order valence-corrected chi connectivity index (χ0v) is 15.8. The number of rotatable bonds is 4. The Morgan fingerprint density at radius 2 is 2.17 bits per heavy atom. The van der Waals surface area contributed by atoms with Gasteiger partial charge >= 0.3 is 0 Å². The summed E-state index contributed by atoms with van der Waals surface area (Å²) in [7, 11) is 3.75. The van der Waals surface area contributed by atoms with Crippen LogP contribution in [0.25, 0.3) is 0 Å². The summed E-state index contributed by atoms with van der Waals surface area (Å²) < 4.78 is 6.58. The first-order chi connectivity index (χ1) is 10.8. The van der Waals surface area contributed by atoms with Gasteiger partial charge < -0.3 is 14.6 Å². The number of nitrogens with one attached hydrogen (secondary N) is 1.